The highest BCUT2D eigenvalue weighted by atomic mass is 32.1. The first-order valence-electron chi connectivity index (χ1n) is 8.52. The largest absolute Gasteiger partial charge is 0.336 e. The molecule has 26 heavy (non-hydrogen) atoms. The Hall–Kier alpha value is -2.58. The summed E-state index contributed by atoms with van der Waals surface area (Å²) in [7, 11) is 2.08. The van der Waals surface area contributed by atoms with Crippen LogP contribution in [0.4, 0.5) is 10.9 Å². The summed E-state index contributed by atoms with van der Waals surface area (Å²) in [5.74, 6) is 0.805. The molecule has 8 heteroatoms. The van der Waals surface area contributed by atoms with Gasteiger partial charge in [0.15, 0.2) is 5.13 Å². The summed E-state index contributed by atoms with van der Waals surface area (Å²) in [6, 6.07) is 7.57. The monoisotopic (exact) mass is 368 g/mol. The van der Waals surface area contributed by atoms with Crippen molar-refractivity contribution in [3.8, 4) is 0 Å². The first-order valence-corrected chi connectivity index (χ1v) is 9.34. The van der Waals surface area contributed by atoms with Gasteiger partial charge in [0.25, 0.3) is 5.91 Å². The number of nitrogens with one attached hydrogen (secondary N) is 1. The molecular formula is C18H20N6OS. The zero-order valence-corrected chi connectivity index (χ0v) is 15.6. The van der Waals surface area contributed by atoms with Crippen LogP contribution in [0, 0.1) is 6.92 Å². The Morgan fingerprint density at radius 2 is 1.96 bits per heavy atom. The summed E-state index contributed by atoms with van der Waals surface area (Å²) < 4.78 is 0.984. The maximum absolute atomic E-state index is 12.7. The number of hydrogen-bond donors (Lipinski definition) is 1. The Labute approximate surface area is 155 Å². The zero-order valence-electron chi connectivity index (χ0n) is 14.8. The van der Waals surface area contributed by atoms with Gasteiger partial charge in [-0.25, -0.2) is 15.0 Å². The molecule has 2 aromatic heterocycles. The molecule has 1 aliphatic heterocycles. The average molecular weight is 368 g/mol. The molecule has 0 bridgehead atoms. The number of benzene rings is 1. The van der Waals surface area contributed by atoms with Gasteiger partial charge in [-0.05, 0) is 32.2 Å². The molecule has 3 heterocycles. The number of anilines is 2. The van der Waals surface area contributed by atoms with E-state index in [2.05, 4.69) is 32.2 Å². The van der Waals surface area contributed by atoms with E-state index in [0.29, 0.717) is 5.82 Å². The predicted molar refractivity (Wildman–Crippen MR) is 103 cm³/mol. The van der Waals surface area contributed by atoms with Crippen molar-refractivity contribution < 1.29 is 4.79 Å². The standard InChI is InChI=1S/C18H20N6OS/c1-12-9-16(20-11-19-12)22-18-21-14-4-3-13(10-15(14)26-18)17(25)24-7-5-23(2)6-8-24/h3-4,9-11H,5-8H2,1-2H3,(H,19,20,21,22). The van der Waals surface area contributed by atoms with Crippen molar-refractivity contribution in [1.29, 1.82) is 0 Å². The number of rotatable bonds is 3. The van der Waals surface area contributed by atoms with E-state index < -0.39 is 0 Å². The van der Waals surface area contributed by atoms with Crippen LogP contribution in [-0.2, 0) is 0 Å². The molecule has 0 saturated carbocycles. The summed E-state index contributed by atoms with van der Waals surface area (Å²) >= 11 is 1.51. The van der Waals surface area contributed by atoms with Gasteiger partial charge in [-0.1, -0.05) is 11.3 Å². The Kier molecular flexibility index (Phi) is 4.52. The van der Waals surface area contributed by atoms with E-state index in [-0.39, 0.29) is 5.91 Å². The lowest BCUT2D eigenvalue weighted by Crippen LogP contribution is -2.47. The molecule has 1 N–H and O–H groups in total. The van der Waals surface area contributed by atoms with Crippen LogP contribution < -0.4 is 5.32 Å². The van der Waals surface area contributed by atoms with Crippen LogP contribution in [-0.4, -0.2) is 63.9 Å². The molecule has 0 unspecified atom stereocenters. The number of carbonyl (C=O) groups excluding carboxylic acids is 1. The summed E-state index contributed by atoms with van der Waals surface area (Å²) in [4.78, 5) is 29.8. The van der Waals surface area contributed by atoms with Gasteiger partial charge in [0.1, 0.15) is 12.1 Å². The lowest BCUT2D eigenvalue weighted by molar-refractivity contribution is 0.0664. The SMILES string of the molecule is Cc1cc(Nc2nc3ccc(C(=O)N4CCN(C)CC4)cc3s2)ncn1. The molecule has 0 spiro atoms. The summed E-state index contributed by atoms with van der Waals surface area (Å²) in [6.07, 6.45) is 1.53. The molecule has 0 aliphatic carbocycles. The van der Waals surface area contributed by atoms with Crippen LogP contribution >= 0.6 is 11.3 Å². The number of hydrogen-bond acceptors (Lipinski definition) is 7. The lowest BCUT2D eigenvalue weighted by atomic mass is 10.1. The number of fused-ring (bicyclic) bond motifs is 1. The average Bonchev–Trinajstić information content (AvgIpc) is 3.03. The van der Waals surface area contributed by atoms with Crippen molar-refractivity contribution in [3.63, 3.8) is 0 Å². The first kappa shape index (κ1) is 16.9. The molecule has 1 aromatic carbocycles. The molecule has 1 aliphatic rings. The van der Waals surface area contributed by atoms with E-state index in [9.17, 15) is 4.79 Å². The van der Waals surface area contributed by atoms with Gasteiger partial charge in [0.2, 0.25) is 0 Å². The topological polar surface area (TPSA) is 74.2 Å². The number of aryl methyl sites for hydroxylation is 1. The molecule has 7 nitrogen and oxygen atoms in total. The third-order valence-corrected chi connectivity index (χ3v) is 5.40. The second kappa shape index (κ2) is 6.97. The number of aromatic nitrogens is 3. The van der Waals surface area contributed by atoms with E-state index in [1.54, 1.807) is 0 Å². The second-order valence-electron chi connectivity index (χ2n) is 6.47. The minimum Gasteiger partial charge on any atom is -0.336 e. The third kappa shape index (κ3) is 3.51. The Morgan fingerprint density at radius 1 is 1.15 bits per heavy atom. The quantitative estimate of drug-likeness (QED) is 0.766. The van der Waals surface area contributed by atoms with E-state index in [4.69, 9.17) is 0 Å². The molecule has 0 atom stereocenters. The number of carbonyl (C=O) groups is 1. The van der Waals surface area contributed by atoms with Crippen LogP contribution in [0.1, 0.15) is 16.1 Å². The highest BCUT2D eigenvalue weighted by Gasteiger charge is 2.21. The second-order valence-corrected chi connectivity index (χ2v) is 7.50. The summed E-state index contributed by atoms with van der Waals surface area (Å²) in [5.41, 5.74) is 2.48. The fraction of sp³-hybridized carbons (Fsp3) is 0.333. The molecule has 1 amide bonds. The van der Waals surface area contributed by atoms with Gasteiger partial charge >= 0.3 is 0 Å². The highest BCUT2D eigenvalue weighted by Crippen LogP contribution is 2.29. The van der Waals surface area contributed by atoms with E-state index in [1.807, 2.05) is 36.1 Å². The van der Waals surface area contributed by atoms with Crippen molar-refractivity contribution in [1.82, 2.24) is 24.8 Å². The number of nitrogens with zero attached hydrogens (tertiary/aromatic N) is 5. The van der Waals surface area contributed by atoms with Gasteiger partial charge in [0, 0.05) is 43.5 Å². The minimum atomic E-state index is 0.0920. The van der Waals surface area contributed by atoms with Gasteiger partial charge < -0.3 is 15.1 Å². The summed E-state index contributed by atoms with van der Waals surface area (Å²) in [6.45, 7) is 5.30. The summed E-state index contributed by atoms with van der Waals surface area (Å²) in [5, 5.41) is 3.96. The highest BCUT2D eigenvalue weighted by molar-refractivity contribution is 7.22. The predicted octanol–water partition coefficient (Wildman–Crippen LogP) is 2.53. The normalized spacial score (nSPS) is 15.4. The van der Waals surface area contributed by atoms with Crippen LogP contribution in [0.2, 0.25) is 0 Å². The van der Waals surface area contributed by atoms with Crippen molar-refractivity contribution >= 4 is 38.4 Å². The zero-order chi connectivity index (χ0) is 18.1. The van der Waals surface area contributed by atoms with E-state index in [1.165, 1.54) is 17.7 Å². The van der Waals surface area contributed by atoms with E-state index >= 15 is 0 Å². The minimum absolute atomic E-state index is 0.0920. The molecule has 4 rings (SSSR count). The smallest absolute Gasteiger partial charge is 0.253 e. The molecule has 3 aromatic rings. The Morgan fingerprint density at radius 3 is 2.73 bits per heavy atom. The fourth-order valence-corrected chi connectivity index (χ4v) is 3.85. The molecule has 0 radical (unpaired) electrons. The van der Waals surface area contributed by atoms with Crippen molar-refractivity contribution in [2.24, 2.45) is 0 Å². The molecule has 1 fully saturated rings. The van der Waals surface area contributed by atoms with Crippen molar-refractivity contribution in [2.75, 3.05) is 38.5 Å². The van der Waals surface area contributed by atoms with Crippen LogP contribution in [0.25, 0.3) is 10.2 Å². The first-order chi connectivity index (χ1) is 12.6. The number of likely N-dealkylation sites (N-methyl/N-ethyl adjacent to an activating group) is 1. The Bertz CT molecular complexity index is 948. The van der Waals surface area contributed by atoms with Crippen LogP contribution in [0.15, 0.2) is 30.6 Å². The number of amides is 1. The molecule has 1 saturated heterocycles. The lowest BCUT2D eigenvalue weighted by Gasteiger charge is -2.32. The van der Waals surface area contributed by atoms with Gasteiger partial charge in [-0.3, -0.25) is 4.79 Å². The maximum atomic E-state index is 12.7. The number of thiazole rings is 1. The maximum Gasteiger partial charge on any atom is 0.253 e. The van der Waals surface area contributed by atoms with E-state index in [0.717, 1.165) is 52.8 Å². The van der Waals surface area contributed by atoms with Crippen molar-refractivity contribution in [2.45, 2.75) is 6.92 Å². The van der Waals surface area contributed by atoms with Crippen LogP contribution in [0.3, 0.4) is 0 Å². The molecular weight excluding hydrogens is 348 g/mol. The third-order valence-electron chi connectivity index (χ3n) is 4.46. The number of piperazine rings is 1. The van der Waals surface area contributed by atoms with Gasteiger partial charge in [-0.2, -0.15) is 0 Å². The van der Waals surface area contributed by atoms with Gasteiger partial charge in [0.05, 0.1) is 10.2 Å². The van der Waals surface area contributed by atoms with Crippen molar-refractivity contribution in [3.05, 3.63) is 41.9 Å². The van der Waals surface area contributed by atoms with Gasteiger partial charge in [-0.15, -0.1) is 0 Å². The van der Waals surface area contributed by atoms with Crippen LogP contribution in [0.5, 0.6) is 0 Å². The Balaban J connectivity index is 1.55. The fourth-order valence-electron chi connectivity index (χ4n) is 2.94. The molecule has 134 valence electrons.